The van der Waals surface area contributed by atoms with Crippen molar-refractivity contribution >= 4 is 17.8 Å². The Hall–Kier alpha value is -1.23. The molecule has 1 saturated heterocycles. The number of nitrogens with one attached hydrogen (secondary N) is 1. The predicted molar refractivity (Wildman–Crippen MR) is 76.6 cm³/mol. The van der Waals surface area contributed by atoms with Crippen molar-refractivity contribution < 1.29 is 9.18 Å². The molecule has 0 saturated carbocycles. The van der Waals surface area contributed by atoms with Gasteiger partial charge in [-0.3, -0.25) is 0 Å². The van der Waals surface area contributed by atoms with Crippen molar-refractivity contribution in [1.82, 2.24) is 10.2 Å². The fourth-order valence-electron chi connectivity index (χ4n) is 2.09. The average molecular weight is 282 g/mol. The normalized spacial score (nSPS) is 18.6. The molecule has 1 aromatic carbocycles. The third kappa shape index (κ3) is 3.62. The van der Waals surface area contributed by atoms with E-state index in [9.17, 15) is 9.18 Å². The van der Waals surface area contributed by atoms with E-state index in [-0.39, 0.29) is 17.2 Å². The standard InChI is InChI=1S/C14H19FN2OS/c1-2-3-7-16-14(18)17-8-9-19-13(17)11-5-4-6-12(15)10-11/h4-6,10,13H,2-3,7-9H2,1H3,(H,16,18). The average Bonchev–Trinajstić information content (AvgIpc) is 2.88. The van der Waals surface area contributed by atoms with Crippen LogP contribution in [0.5, 0.6) is 0 Å². The van der Waals surface area contributed by atoms with Crippen LogP contribution in [0.15, 0.2) is 24.3 Å². The van der Waals surface area contributed by atoms with Gasteiger partial charge in [-0.25, -0.2) is 9.18 Å². The van der Waals surface area contributed by atoms with Gasteiger partial charge in [0.05, 0.1) is 0 Å². The lowest BCUT2D eigenvalue weighted by Crippen LogP contribution is -2.39. The van der Waals surface area contributed by atoms with Crippen LogP contribution in [0.3, 0.4) is 0 Å². The highest BCUT2D eigenvalue weighted by molar-refractivity contribution is 7.99. The van der Waals surface area contributed by atoms with E-state index in [1.807, 2.05) is 6.07 Å². The van der Waals surface area contributed by atoms with Gasteiger partial charge in [0.2, 0.25) is 0 Å². The van der Waals surface area contributed by atoms with Gasteiger partial charge in [-0.05, 0) is 24.1 Å². The van der Waals surface area contributed by atoms with Crippen molar-refractivity contribution in [2.45, 2.75) is 25.1 Å². The summed E-state index contributed by atoms with van der Waals surface area (Å²) in [4.78, 5) is 13.9. The van der Waals surface area contributed by atoms with Crippen LogP contribution in [0.4, 0.5) is 9.18 Å². The highest BCUT2D eigenvalue weighted by atomic mass is 32.2. The minimum atomic E-state index is -0.253. The van der Waals surface area contributed by atoms with Crippen molar-refractivity contribution in [3.63, 3.8) is 0 Å². The second-order valence-electron chi connectivity index (χ2n) is 4.56. The Balaban J connectivity index is 2.02. The number of unbranched alkanes of at least 4 members (excludes halogenated alkanes) is 1. The zero-order valence-corrected chi connectivity index (χ0v) is 11.9. The Morgan fingerprint density at radius 2 is 2.42 bits per heavy atom. The van der Waals surface area contributed by atoms with E-state index in [0.29, 0.717) is 13.1 Å². The number of carbonyl (C=O) groups is 1. The van der Waals surface area contributed by atoms with Crippen molar-refractivity contribution in [2.75, 3.05) is 18.8 Å². The van der Waals surface area contributed by atoms with Crippen LogP contribution in [-0.4, -0.2) is 29.8 Å². The first-order valence-electron chi connectivity index (χ1n) is 6.64. The Labute approximate surface area is 117 Å². The number of urea groups is 1. The molecule has 0 bridgehead atoms. The summed E-state index contributed by atoms with van der Waals surface area (Å²) in [6, 6.07) is 6.45. The number of carbonyl (C=O) groups excluding carboxylic acids is 1. The summed E-state index contributed by atoms with van der Waals surface area (Å²) < 4.78 is 13.3. The number of nitrogens with zero attached hydrogens (tertiary/aromatic N) is 1. The van der Waals surface area contributed by atoms with Gasteiger partial charge >= 0.3 is 6.03 Å². The van der Waals surface area contributed by atoms with Gasteiger partial charge in [-0.15, -0.1) is 11.8 Å². The molecule has 19 heavy (non-hydrogen) atoms. The van der Waals surface area contributed by atoms with Crippen LogP contribution in [-0.2, 0) is 0 Å². The molecule has 0 aromatic heterocycles. The molecular formula is C14H19FN2OS. The molecule has 1 atom stereocenters. The number of rotatable bonds is 4. The fourth-order valence-corrected chi connectivity index (χ4v) is 3.33. The minimum Gasteiger partial charge on any atom is -0.338 e. The van der Waals surface area contributed by atoms with E-state index in [4.69, 9.17) is 0 Å². The van der Waals surface area contributed by atoms with E-state index in [1.54, 1.807) is 22.7 Å². The fraction of sp³-hybridized carbons (Fsp3) is 0.500. The van der Waals surface area contributed by atoms with Gasteiger partial charge < -0.3 is 10.2 Å². The molecule has 0 spiro atoms. The molecule has 104 valence electrons. The summed E-state index contributed by atoms with van der Waals surface area (Å²) in [6.07, 6.45) is 2.04. The Morgan fingerprint density at radius 3 is 3.16 bits per heavy atom. The van der Waals surface area contributed by atoms with Crippen LogP contribution < -0.4 is 5.32 Å². The number of amides is 2. The summed E-state index contributed by atoms with van der Waals surface area (Å²) in [6.45, 7) is 3.50. The van der Waals surface area contributed by atoms with Gasteiger partial charge in [0, 0.05) is 18.8 Å². The zero-order chi connectivity index (χ0) is 13.7. The molecule has 2 amide bonds. The topological polar surface area (TPSA) is 32.3 Å². The molecule has 1 heterocycles. The smallest absolute Gasteiger partial charge is 0.318 e. The van der Waals surface area contributed by atoms with Gasteiger partial charge in [0.1, 0.15) is 11.2 Å². The number of halogens is 1. The molecule has 1 unspecified atom stereocenters. The summed E-state index contributed by atoms with van der Waals surface area (Å²) in [5.41, 5.74) is 0.855. The van der Waals surface area contributed by atoms with Crippen LogP contribution in [0.1, 0.15) is 30.7 Å². The van der Waals surface area contributed by atoms with Crippen molar-refractivity contribution in [3.8, 4) is 0 Å². The van der Waals surface area contributed by atoms with Gasteiger partial charge in [0.25, 0.3) is 0 Å². The van der Waals surface area contributed by atoms with Crippen LogP contribution in [0.25, 0.3) is 0 Å². The number of hydrogen-bond donors (Lipinski definition) is 1. The molecule has 3 nitrogen and oxygen atoms in total. The lowest BCUT2D eigenvalue weighted by molar-refractivity contribution is 0.200. The summed E-state index contributed by atoms with van der Waals surface area (Å²) in [5.74, 6) is 0.638. The molecule has 1 aliphatic rings. The third-order valence-electron chi connectivity index (χ3n) is 3.09. The highest BCUT2D eigenvalue weighted by Crippen LogP contribution is 2.37. The van der Waals surface area contributed by atoms with Gasteiger partial charge in [-0.1, -0.05) is 25.5 Å². The Kier molecular flexibility index (Phi) is 5.07. The molecular weight excluding hydrogens is 263 g/mol. The van der Waals surface area contributed by atoms with Crippen molar-refractivity contribution in [3.05, 3.63) is 35.6 Å². The number of thioether (sulfide) groups is 1. The van der Waals surface area contributed by atoms with Crippen LogP contribution >= 0.6 is 11.8 Å². The number of benzene rings is 1. The highest BCUT2D eigenvalue weighted by Gasteiger charge is 2.30. The maximum absolute atomic E-state index is 13.3. The summed E-state index contributed by atoms with van der Waals surface area (Å²) >= 11 is 1.68. The third-order valence-corrected chi connectivity index (χ3v) is 4.35. The molecule has 1 aromatic rings. The largest absolute Gasteiger partial charge is 0.338 e. The molecule has 0 radical (unpaired) electrons. The Bertz CT molecular complexity index is 441. The molecule has 2 rings (SSSR count). The van der Waals surface area contributed by atoms with E-state index in [1.165, 1.54) is 12.1 Å². The lowest BCUT2D eigenvalue weighted by Gasteiger charge is -2.24. The second-order valence-corrected chi connectivity index (χ2v) is 5.75. The first-order valence-corrected chi connectivity index (χ1v) is 7.68. The van der Waals surface area contributed by atoms with Crippen LogP contribution in [0, 0.1) is 5.82 Å². The number of hydrogen-bond acceptors (Lipinski definition) is 2. The molecule has 5 heteroatoms. The van der Waals surface area contributed by atoms with E-state index < -0.39 is 0 Å². The van der Waals surface area contributed by atoms with E-state index in [0.717, 1.165) is 24.2 Å². The molecule has 1 fully saturated rings. The minimum absolute atomic E-state index is 0.0484. The van der Waals surface area contributed by atoms with Crippen molar-refractivity contribution in [2.24, 2.45) is 0 Å². The second kappa shape index (κ2) is 6.80. The maximum atomic E-state index is 13.3. The maximum Gasteiger partial charge on any atom is 0.318 e. The summed E-state index contributed by atoms with van der Waals surface area (Å²) in [7, 11) is 0. The van der Waals surface area contributed by atoms with Gasteiger partial charge in [0.15, 0.2) is 0 Å². The molecule has 1 N–H and O–H groups in total. The van der Waals surface area contributed by atoms with E-state index >= 15 is 0 Å². The quantitative estimate of drug-likeness (QED) is 0.859. The zero-order valence-electron chi connectivity index (χ0n) is 11.1. The SMILES string of the molecule is CCCCNC(=O)N1CCSC1c1cccc(F)c1. The van der Waals surface area contributed by atoms with Gasteiger partial charge in [-0.2, -0.15) is 0 Å². The van der Waals surface area contributed by atoms with Crippen LogP contribution in [0.2, 0.25) is 0 Å². The monoisotopic (exact) mass is 282 g/mol. The van der Waals surface area contributed by atoms with Crippen molar-refractivity contribution in [1.29, 1.82) is 0 Å². The first-order chi connectivity index (χ1) is 9.22. The first kappa shape index (κ1) is 14.2. The van der Waals surface area contributed by atoms with E-state index in [2.05, 4.69) is 12.2 Å². The summed E-state index contributed by atoms with van der Waals surface area (Å²) in [5, 5.41) is 2.85. The molecule has 0 aliphatic carbocycles. The predicted octanol–water partition coefficient (Wildman–Crippen LogP) is 3.38. The Morgan fingerprint density at radius 1 is 1.58 bits per heavy atom. The lowest BCUT2D eigenvalue weighted by atomic mass is 10.2. The molecule has 1 aliphatic heterocycles.